The Morgan fingerprint density at radius 1 is 0.875 bits per heavy atom. The molecule has 0 fully saturated rings. The summed E-state index contributed by atoms with van der Waals surface area (Å²) in [7, 11) is -3.79. The minimum absolute atomic E-state index is 0.171. The number of unbranched alkanes of at least 4 members (excludes halogenated alkanes) is 1. The molecule has 0 aliphatic heterocycles. The van der Waals surface area contributed by atoms with E-state index in [2.05, 4.69) is 12.2 Å². The summed E-state index contributed by atoms with van der Waals surface area (Å²) in [6.07, 6.45) is 3.78. The molecule has 0 aliphatic carbocycles. The summed E-state index contributed by atoms with van der Waals surface area (Å²) in [5.41, 5.74) is 4.15. The molecule has 3 aromatic carbocycles. The van der Waals surface area contributed by atoms with Gasteiger partial charge < -0.3 is 10.2 Å². The topological polar surface area (TPSA) is 86.8 Å². The molecular formula is C32H41N3O4S. The molecule has 1 atom stereocenters. The van der Waals surface area contributed by atoms with Crippen LogP contribution in [-0.2, 0) is 39.0 Å². The first kappa shape index (κ1) is 30.9. The molecule has 2 amide bonds. The number of hydrogen-bond acceptors (Lipinski definition) is 4. The second-order valence-electron chi connectivity index (χ2n) is 10.1. The van der Waals surface area contributed by atoms with Crippen molar-refractivity contribution in [2.75, 3.05) is 23.7 Å². The van der Waals surface area contributed by atoms with Gasteiger partial charge in [0.2, 0.25) is 21.8 Å². The third kappa shape index (κ3) is 8.68. The number of rotatable bonds is 14. The summed E-state index contributed by atoms with van der Waals surface area (Å²) in [4.78, 5) is 29.3. The highest BCUT2D eigenvalue weighted by Gasteiger charge is 2.33. The SMILES string of the molecule is CCCCNC(=O)[C@H](Cc1ccccc1)N(Cc1ccc(C)cc1)C(=O)CN(c1ccccc1CC)S(C)(=O)=O. The third-order valence-electron chi connectivity index (χ3n) is 6.89. The van der Waals surface area contributed by atoms with Crippen LogP contribution in [0.4, 0.5) is 5.69 Å². The van der Waals surface area contributed by atoms with Crippen LogP contribution in [0.15, 0.2) is 78.9 Å². The fourth-order valence-electron chi connectivity index (χ4n) is 4.60. The van der Waals surface area contributed by atoms with E-state index in [9.17, 15) is 18.0 Å². The minimum Gasteiger partial charge on any atom is -0.354 e. The number of carbonyl (C=O) groups excluding carboxylic acids is 2. The van der Waals surface area contributed by atoms with E-state index in [1.165, 1.54) is 4.90 Å². The van der Waals surface area contributed by atoms with Gasteiger partial charge in [-0.15, -0.1) is 0 Å². The molecule has 40 heavy (non-hydrogen) atoms. The molecular weight excluding hydrogens is 522 g/mol. The maximum atomic E-state index is 14.2. The fourth-order valence-corrected chi connectivity index (χ4v) is 5.48. The molecule has 0 spiro atoms. The summed E-state index contributed by atoms with van der Waals surface area (Å²) in [5.74, 6) is -0.693. The Morgan fingerprint density at radius 2 is 1.52 bits per heavy atom. The second kappa shape index (κ2) is 14.7. The van der Waals surface area contributed by atoms with Crippen LogP contribution in [0.1, 0.15) is 48.9 Å². The number of carbonyl (C=O) groups is 2. The van der Waals surface area contributed by atoms with E-state index in [0.29, 0.717) is 25.1 Å². The van der Waals surface area contributed by atoms with E-state index < -0.39 is 28.5 Å². The molecule has 0 radical (unpaired) electrons. The average Bonchev–Trinajstić information content (AvgIpc) is 2.94. The largest absolute Gasteiger partial charge is 0.354 e. The Labute approximate surface area is 239 Å². The van der Waals surface area contributed by atoms with E-state index in [4.69, 9.17) is 0 Å². The monoisotopic (exact) mass is 563 g/mol. The Bertz CT molecular complexity index is 1360. The quantitative estimate of drug-likeness (QED) is 0.283. The lowest BCUT2D eigenvalue weighted by Gasteiger charge is -2.34. The van der Waals surface area contributed by atoms with Crippen molar-refractivity contribution in [3.8, 4) is 0 Å². The van der Waals surface area contributed by atoms with Gasteiger partial charge in [-0.2, -0.15) is 0 Å². The number of anilines is 1. The molecule has 3 rings (SSSR count). The third-order valence-corrected chi connectivity index (χ3v) is 8.02. The predicted molar refractivity (Wildman–Crippen MR) is 162 cm³/mol. The summed E-state index contributed by atoms with van der Waals surface area (Å²) in [5, 5.41) is 3.00. The van der Waals surface area contributed by atoms with E-state index in [0.717, 1.165) is 45.7 Å². The Kier molecular flexibility index (Phi) is 11.3. The maximum absolute atomic E-state index is 14.2. The van der Waals surface area contributed by atoms with Gasteiger partial charge in [-0.05, 0) is 42.5 Å². The van der Waals surface area contributed by atoms with Crippen molar-refractivity contribution in [3.63, 3.8) is 0 Å². The number of aryl methyl sites for hydroxylation is 2. The molecule has 0 unspecified atom stereocenters. The number of nitrogens with one attached hydrogen (secondary N) is 1. The number of amides is 2. The lowest BCUT2D eigenvalue weighted by molar-refractivity contribution is -0.140. The zero-order chi connectivity index (χ0) is 29.1. The number of benzene rings is 3. The lowest BCUT2D eigenvalue weighted by atomic mass is 10.0. The highest BCUT2D eigenvalue weighted by Crippen LogP contribution is 2.24. The number of para-hydroxylation sites is 1. The molecule has 0 aliphatic rings. The van der Waals surface area contributed by atoms with Crippen molar-refractivity contribution in [2.45, 2.75) is 59.0 Å². The van der Waals surface area contributed by atoms with Gasteiger partial charge in [0, 0.05) is 19.5 Å². The summed E-state index contributed by atoms with van der Waals surface area (Å²) in [6.45, 7) is 6.25. The first-order valence-corrected chi connectivity index (χ1v) is 15.7. The molecule has 1 N–H and O–H groups in total. The molecule has 0 aromatic heterocycles. The van der Waals surface area contributed by atoms with E-state index in [-0.39, 0.29) is 12.5 Å². The van der Waals surface area contributed by atoms with Crippen molar-refractivity contribution in [1.29, 1.82) is 0 Å². The summed E-state index contributed by atoms with van der Waals surface area (Å²) in [6, 6.07) is 23.8. The Balaban J connectivity index is 2.05. The first-order valence-electron chi connectivity index (χ1n) is 13.9. The van der Waals surface area contributed by atoms with Crippen molar-refractivity contribution in [3.05, 3.63) is 101 Å². The highest BCUT2D eigenvalue weighted by atomic mass is 32.2. The summed E-state index contributed by atoms with van der Waals surface area (Å²) >= 11 is 0. The smallest absolute Gasteiger partial charge is 0.244 e. The first-order chi connectivity index (χ1) is 19.1. The van der Waals surface area contributed by atoms with E-state index >= 15 is 0 Å². The van der Waals surface area contributed by atoms with Gasteiger partial charge >= 0.3 is 0 Å². The zero-order valence-electron chi connectivity index (χ0n) is 24.0. The number of hydrogen-bond donors (Lipinski definition) is 1. The molecule has 0 saturated heterocycles. The van der Waals surface area contributed by atoms with Gasteiger partial charge in [-0.1, -0.05) is 98.6 Å². The van der Waals surface area contributed by atoms with Gasteiger partial charge in [0.05, 0.1) is 11.9 Å². The standard InChI is InChI=1S/C32H41N3O4S/c1-5-7-21-33-32(37)30(22-26-13-9-8-10-14-26)34(23-27-19-17-25(3)18-20-27)31(36)24-35(40(4,38)39)29-16-12-11-15-28(29)6-2/h8-20,30H,5-7,21-24H2,1-4H3,(H,33,37)/t30-/m0/s1. The normalized spacial score (nSPS) is 12.0. The van der Waals surface area contributed by atoms with Gasteiger partial charge in [-0.25, -0.2) is 8.42 Å². The van der Waals surface area contributed by atoms with Crippen molar-refractivity contribution in [1.82, 2.24) is 10.2 Å². The van der Waals surface area contributed by atoms with Crippen molar-refractivity contribution < 1.29 is 18.0 Å². The van der Waals surface area contributed by atoms with Crippen LogP contribution in [0.25, 0.3) is 0 Å². The van der Waals surface area contributed by atoms with Crippen LogP contribution in [-0.4, -0.2) is 50.5 Å². The Morgan fingerprint density at radius 3 is 2.15 bits per heavy atom. The maximum Gasteiger partial charge on any atom is 0.244 e. The van der Waals surface area contributed by atoms with Crippen LogP contribution in [0.2, 0.25) is 0 Å². The molecule has 0 saturated carbocycles. The van der Waals surface area contributed by atoms with Gasteiger partial charge in [-0.3, -0.25) is 13.9 Å². The van der Waals surface area contributed by atoms with Crippen molar-refractivity contribution in [2.24, 2.45) is 0 Å². The number of sulfonamides is 1. The van der Waals surface area contributed by atoms with Crippen molar-refractivity contribution >= 4 is 27.5 Å². The van der Waals surface area contributed by atoms with E-state index in [1.54, 1.807) is 12.1 Å². The van der Waals surface area contributed by atoms with Gasteiger partial charge in [0.15, 0.2) is 0 Å². The molecule has 7 nitrogen and oxygen atoms in total. The van der Waals surface area contributed by atoms with Crippen LogP contribution in [0.3, 0.4) is 0 Å². The fraction of sp³-hybridized carbons (Fsp3) is 0.375. The summed E-state index contributed by atoms with van der Waals surface area (Å²) < 4.78 is 27.2. The van der Waals surface area contributed by atoms with Crippen LogP contribution in [0.5, 0.6) is 0 Å². The van der Waals surface area contributed by atoms with Crippen LogP contribution < -0.4 is 9.62 Å². The zero-order valence-corrected chi connectivity index (χ0v) is 24.8. The van der Waals surface area contributed by atoms with Gasteiger partial charge in [0.1, 0.15) is 12.6 Å². The Hall–Kier alpha value is -3.65. The molecule has 0 bridgehead atoms. The van der Waals surface area contributed by atoms with Gasteiger partial charge in [0.25, 0.3) is 0 Å². The van der Waals surface area contributed by atoms with Crippen LogP contribution >= 0.6 is 0 Å². The predicted octanol–water partition coefficient (Wildman–Crippen LogP) is 4.88. The molecule has 214 valence electrons. The number of nitrogens with zero attached hydrogens (tertiary/aromatic N) is 2. The van der Waals surface area contributed by atoms with E-state index in [1.807, 2.05) is 80.6 Å². The second-order valence-corrected chi connectivity index (χ2v) is 12.0. The molecule has 8 heteroatoms. The highest BCUT2D eigenvalue weighted by molar-refractivity contribution is 7.92. The molecule has 0 heterocycles. The lowest BCUT2D eigenvalue weighted by Crippen LogP contribution is -2.53. The average molecular weight is 564 g/mol. The minimum atomic E-state index is -3.79. The molecule has 3 aromatic rings. The van der Waals surface area contributed by atoms with Crippen LogP contribution in [0, 0.1) is 6.92 Å².